The molecule has 90 valence electrons. The van der Waals surface area contributed by atoms with E-state index in [0.717, 1.165) is 19.4 Å². The first kappa shape index (κ1) is 14.2. The summed E-state index contributed by atoms with van der Waals surface area (Å²) in [7, 11) is 3.65. The Hall–Kier alpha value is -0.770. The number of hydrogen-bond donors (Lipinski definition) is 1. The lowest BCUT2D eigenvalue weighted by molar-refractivity contribution is 0.107. The third-order valence-corrected chi connectivity index (χ3v) is 3.50. The first-order valence-corrected chi connectivity index (χ1v) is 5.68. The minimum Gasteiger partial charge on any atom is -0.328 e. The fourth-order valence-corrected chi connectivity index (χ4v) is 1.74. The monoisotopic (exact) mass is 215 g/mol. The molecule has 0 aliphatic heterocycles. The standard InChI is InChI=1S/C11H25N3O/c1-6-11(7-2,9-12)14(5)10(15)13(4)8-3/h6-9,12H2,1-5H3. The topological polar surface area (TPSA) is 49.6 Å². The summed E-state index contributed by atoms with van der Waals surface area (Å²) in [6, 6.07) is 0.0478. The summed E-state index contributed by atoms with van der Waals surface area (Å²) in [5.41, 5.74) is 5.60. The number of carbonyl (C=O) groups is 1. The summed E-state index contributed by atoms with van der Waals surface area (Å²) in [5, 5.41) is 0. The van der Waals surface area contributed by atoms with E-state index in [-0.39, 0.29) is 11.6 Å². The normalized spacial score (nSPS) is 11.3. The lowest BCUT2D eigenvalue weighted by Crippen LogP contribution is -2.56. The van der Waals surface area contributed by atoms with Gasteiger partial charge in [0.15, 0.2) is 0 Å². The Labute approximate surface area is 93.4 Å². The molecule has 0 atom stereocenters. The van der Waals surface area contributed by atoms with Crippen LogP contribution in [0.25, 0.3) is 0 Å². The Balaban J connectivity index is 4.78. The lowest BCUT2D eigenvalue weighted by Gasteiger charge is -2.41. The summed E-state index contributed by atoms with van der Waals surface area (Å²) < 4.78 is 0. The largest absolute Gasteiger partial charge is 0.328 e. The molecule has 0 radical (unpaired) electrons. The van der Waals surface area contributed by atoms with Crippen LogP contribution in [-0.2, 0) is 0 Å². The van der Waals surface area contributed by atoms with Crippen LogP contribution in [0, 0.1) is 0 Å². The van der Waals surface area contributed by atoms with Crippen LogP contribution in [0.2, 0.25) is 0 Å². The van der Waals surface area contributed by atoms with Gasteiger partial charge in [-0.05, 0) is 19.8 Å². The molecule has 0 bridgehead atoms. The second-order valence-electron chi connectivity index (χ2n) is 3.99. The van der Waals surface area contributed by atoms with Gasteiger partial charge in [-0.1, -0.05) is 13.8 Å². The summed E-state index contributed by atoms with van der Waals surface area (Å²) in [6.45, 7) is 7.35. The van der Waals surface area contributed by atoms with Gasteiger partial charge in [-0.2, -0.15) is 0 Å². The molecule has 0 fully saturated rings. The predicted molar refractivity (Wildman–Crippen MR) is 63.8 cm³/mol. The summed E-state index contributed by atoms with van der Waals surface area (Å²) in [6.07, 6.45) is 1.78. The second kappa shape index (κ2) is 5.95. The van der Waals surface area contributed by atoms with Gasteiger partial charge in [-0.3, -0.25) is 0 Å². The fourth-order valence-electron chi connectivity index (χ4n) is 1.74. The molecule has 2 N–H and O–H groups in total. The molecule has 0 heterocycles. The Morgan fingerprint density at radius 1 is 1.20 bits per heavy atom. The van der Waals surface area contributed by atoms with Crippen LogP contribution in [0.3, 0.4) is 0 Å². The van der Waals surface area contributed by atoms with Gasteiger partial charge in [0.1, 0.15) is 0 Å². The van der Waals surface area contributed by atoms with Crippen molar-refractivity contribution in [2.75, 3.05) is 27.2 Å². The number of nitrogens with two attached hydrogens (primary N) is 1. The van der Waals surface area contributed by atoms with Crippen molar-refractivity contribution in [1.82, 2.24) is 9.80 Å². The minimum absolute atomic E-state index is 0.0478. The molecule has 0 aromatic heterocycles. The van der Waals surface area contributed by atoms with Crippen LogP contribution in [0.15, 0.2) is 0 Å². The molecule has 2 amide bonds. The Bertz CT molecular complexity index is 194. The average Bonchev–Trinajstić information content (AvgIpc) is 2.29. The predicted octanol–water partition coefficient (Wildman–Crippen LogP) is 1.51. The zero-order valence-electron chi connectivity index (χ0n) is 10.7. The number of carbonyl (C=O) groups excluding carboxylic acids is 1. The van der Waals surface area contributed by atoms with Gasteiger partial charge in [-0.25, -0.2) is 4.79 Å². The van der Waals surface area contributed by atoms with Gasteiger partial charge in [0, 0.05) is 27.2 Å². The fraction of sp³-hybridized carbons (Fsp3) is 0.909. The molecule has 0 rings (SSSR count). The molecule has 0 aromatic rings. The zero-order valence-corrected chi connectivity index (χ0v) is 10.7. The molecule has 15 heavy (non-hydrogen) atoms. The number of nitrogens with zero attached hydrogens (tertiary/aromatic N) is 2. The Morgan fingerprint density at radius 3 is 1.93 bits per heavy atom. The third-order valence-electron chi connectivity index (χ3n) is 3.50. The maximum atomic E-state index is 12.0. The summed E-state index contributed by atoms with van der Waals surface area (Å²) >= 11 is 0. The smallest absolute Gasteiger partial charge is 0.319 e. The van der Waals surface area contributed by atoms with Crippen molar-refractivity contribution in [2.24, 2.45) is 5.73 Å². The highest BCUT2D eigenvalue weighted by Crippen LogP contribution is 2.22. The van der Waals surface area contributed by atoms with Crippen molar-refractivity contribution in [3.8, 4) is 0 Å². The molecule has 0 aromatic carbocycles. The van der Waals surface area contributed by atoms with Crippen molar-refractivity contribution in [1.29, 1.82) is 0 Å². The highest BCUT2D eigenvalue weighted by atomic mass is 16.2. The molecular formula is C11H25N3O. The van der Waals surface area contributed by atoms with Crippen molar-refractivity contribution in [3.63, 3.8) is 0 Å². The molecular weight excluding hydrogens is 190 g/mol. The second-order valence-corrected chi connectivity index (χ2v) is 3.99. The van der Waals surface area contributed by atoms with E-state index in [9.17, 15) is 4.79 Å². The Morgan fingerprint density at radius 2 is 1.67 bits per heavy atom. The van der Waals surface area contributed by atoms with Gasteiger partial charge in [-0.15, -0.1) is 0 Å². The first-order valence-electron chi connectivity index (χ1n) is 5.68. The van der Waals surface area contributed by atoms with Crippen LogP contribution in [-0.4, -0.2) is 48.6 Å². The van der Waals surface area contributed by atoms with E-state index in [0.29, 0.717) is 6.54 Å². The van der Waals surface area contributed by atoms with Crippen LogP contribution in [0.4, 0.5) is 4.79 Å². The van der Waals surface area contributed by atoms with Crippen LogP contribution >= 0.6 is 0 Å². The van der Waals surface area contributed by atoms with Gasteiger partial charge in [0.05, 0.1) is 5.54 Å². The summed E-state index contributed by atoms with van der Waals surface area (Å²) in [5.74, 6) is 0. The number of amides is 2. The van der Waals surface area contributed by atoms with Gasteiger partial charge >= 0.3 is 6.03 Å². The van der Waals surface area contributed by atoms with E-state index in [1.165, 1.54) is 0 Å². The number of urea groups is 1. The van der Waals surface area contributed by atoms with Crippen molar-refractivity contribution < 1.29 is 4.79 Å². The molecule has 0 unspecified atom stereocenters. The Kier molecular flexibility index (Phi) is 5.65. The van der Waals surface area contributed by atoms with Crippen LogP contribution < -0.4 is 5.73 Å². The molecule has 0 saturated carbocycles. The maximum absolute atomic E-state index is 12.0. The van der Waals surface area contributed by atoms with Crippen molar-refractivity contribution in [2.45, 2.75) is 39.2 Å². The number of rotatable bonds is 5. The van der Waals surface area contributed by atoms with E-state index in [2.05, 4.69) is 13.8 Å². The molecule has 0 aliphatic carbocycles. The van der Waals surface area contributed by atoms with E-state index in [4.69, 9.17) is 5.73 Å². The van der Waals surface area contributed by atoms with Gasteiger partial charge in [0.25, 0.3) is 0 Å². The van der Waals surface area contributed by atoms with Crippen LogP contribution in [0.1, 0.15) is 33.6 Å². The molecule has 4 heteroatoms. The van der Waals surface area contributed by atoms with Gasteiger partial charge < -0.3 is 15.5 Å². The highest BCUT2D eigenvalue weighted by molar-refractivity contribution is 5.74. The summed E-state index contributed by atoms with van der Waals surface area (Å²) in [4.78, 5) is 15.5. The lowest BCUT2D eigenvalue weighted by atomic mass is 9.91. The van der Waals surface area contributed by atoms with E-state index < -0.39 is 0 Å². The van der Waals surface area contributed by atoms with Crippen LogP contribution in [0.5, 0.6) is 0 Å². The SMILES string of the molecule is CCN(C)C(=O)N(C)C(CC)(CC)CN. The quantitative estimate of drug-likeness (QED) is 0.755. The molecule has 0 saturated heterocycles. The van der Waals surface area contributed by atoms with E-state index in [1.807, 2.05) is 21.0 Å². The minimum atomic E-state index is -0.194. The van der Waals surface area contributed by atoms with Gasteiger partial charge in [0.2, 0.25) is 0 Å². The third kappa shape index (κ3) is 2.84. The zero-order chi connectivity index (χ0) is 12.1. The number of hydrogen-bond acceptors (Lipinski definition) is 2. The van der Waals surface area contributed by atoms with E-state index in [1.54, 1.807) is 9.80 Å². The highest BCUT2D eigenvalue weighted by Gasteiger charge is 2.33. The van der Waals surface area contributed by atoms with E-state index >= 15 is 0 Å². The molecule has 0 spiro atoms. The average molecular weight is 215 g/mol. The molecule has 0 aliphatic rings. The van der Waals surface area contributed by atoms with Crippen molar-refractivity contribution >= 4 is 6.03 Å². The number of likely N-dealkylation sites (N-methyl/N-ethyl adjacent to an activating group) is 1. The molecule has 4 nitrogen and oxygen atoms in total. The first-order chi connectivity index (χ1) is 6.98. The maximum Gasteiger partial charge on any atom is 0.319 e. The van der Waals surface area contributed by atoms with Crippen molar-refractivity contribution in [3.05, 3.63) is 0 Å².